The number of H-pyrrole nitrogens is 1. The second kappa shape index (κ2) is 3.58. The third kappa shape index (κ3) is 1.51. The Morgan fingerprint density at radius 2 is 2.19 bits per heavy atom. The van der Waals surface area contributed by atoms with Crippen molar-refractivity contribution < 1.29 is 0 Å². The van der Waals surface area contributed by atoms with Crippen LogP contribution in [-0.4, -0.2) is 20.0 Å². The molecule has 0 aliphatic carbocycles. The predicted molar refractivity (Wildman–Crippen MR) is 71.0 cm³/mol. The summed E-state index contributed by atoms with van der Waals surface area (Å²) in [6, 6.07) is 6.23. The van der Waals surface area contributed by atoms with Gasteiger partial charge in [-0.2, -0.15) is 10.2 Å². The lowest BCUT2D eigenvalue weighted by Crippen LogP contribution is -1.84. The van der Waals surface area contributed by atoms with E-state index in [0.29, 0.717) is 0 Å². The largest absolute Gasteiger partial charge is 0.275 e. The van der Waals surface area contributed by atoms with Gasteiger partial charge in [-0.1, -0.05) is 6.07 Å². The van der Waals surface area contributed by atoms with Crippen LogP contribution in [0, 0.1) is 3.70 Å². The molecule has 0 unspecified atom stereocenters. The van der Waals surface area contributed by atoms with E-state index in [1.807, 2.05) is 25.5 Å². The monoisotopic (exact) mass is 324 g/mol. The minimum Gasteiger partial charge on any atom is -0.275 e. The molecule has 2 aromatic heterocycles. The summed E-state index contributed by atoms with van der Waals surface area (Å²) >= 11 is 2.26. The van der Waals surface area contributed by atoms with Crippen molar-refractivity contribution >= 4 is 33.5 Å². The molecular formula is C11H9IN4. The van der Waals surface area contributed by atoms with Crippen molar-refractivity contribution in [2.45, 2.75) is 0 Å². The molecule has 3 rings (SSSR count). The lowest BCUT2D eigenvalue weighted by Gasteiger charge is -1.96. The molecule has 3 aromatic rings. The molecule has 0 bridgehead atoms. The average molecular weight is 324 g/mol. The predicted octanol–water partition coefficient (Wildman–Crippen LogP) is 2.57. The lowest BCUT2D eigenvalue weighted by molar-refractivity contribution is 0.768. The first-order valence-corrected chi connectivity index (χ1v) is 5.94. The van der Waals surface area contributed by atoms with Crippen LogP contribution >= 0.6 is 22.6 Å². The third-order valence-corrected chi connectivity index (χ3v) is 3.37. The topological polar surface area (TPSA) is 46.5 Å². The van der Waals surface area contributed by atoms with Crippen molar-refractivity contribution in [3.05, 3.63) is 34.3 Å². The fourth-order valence-corrected chi connectivity index (χ4v) is 2.28. The molecule has 5 heteroatoms. The van der Waals surface area contributed by atoms with Crippen LogP contribution in [0.2, 0.25) is 0 Å². The molecule has 0 atom stereocenters. The summed E-state index contributed by atoms with van der Waals surface area (Å²) in [6.07, 6.45) is 3.88. The standard InChI is InChI=1S/C11H9IN4/c1-16-6-8(5-13-16)7-2-3-10-9(4-7)11(12)15-14-10/h2-6H,1H3,(H,14,15). The van der Waals surface area contributed by atoms with Crippen molar-refractivity contribution in [1.82, 2.24) is 20.0 Å². The molecule has 0 amide bonds. The van der Waals surface area contributed by atoms with Crippen molar-refractivity contribution in [3.8, 4) is 11.1 Å². The second-order valence-electron chi connectivity index (χ2n) is 3.67. The van der Waals surface area contributed by atoms with Crippen LogP contribution < -0.4 is 0 Å². The molecule has 0 saturated carbocycles. The van der Waals surface area contributed by atoms with Gasteiger partial charge in [0.15, 0.2) is 0 Å². The Kier molecular flexibility index (Phi) is 2.20. The highest BCUT2D eigenvalue weighted by molar-refractivity contribution is 14.1. The molecule has 1 aromatic carbocycles. The van der Waals surface area contributed by atoms with Crippen LogP contribution in [0.4, 0.5) is 0 Å². The van der Waals surface area contributed by atoms with E-state index in [2.05, 4.69) is 50.0 Å². The summed E-state index contributed by atoms with van der Waals surface area (Å²) in [5.74, 6) is 0. The van der Waals surface area contributed by atoms with E-state index >= 15 is 0 Å². The van der Waals surface area contributed by atoms with Gasteiger partial charge in [0.2, 0.25) is 0 Å². The third-order valence-electron chi connectivity index (χ3n) is 2.55. The molecule has 0 radical (unpaired) electrons. The van der Waals surface area contributed by atoms with Crippen LogP contribution in [0.5, 0.6) is 0 Å². The first kappa shape index (κ1) is 9.83. The van der Waals surface area contributed by atoms with E-state index in [0.717, 1.165) is 20.2 Å². The maximum atomic E-state index is 4.20. The maximum Gasteiger partial charge on any atom is 0.104 e. The average Bonchev–Trinajstić information content (AvgIpc) is 2.86. The Morgan fingerprint density at radius 3 is 2.94 bits per heavy atom. The van der Waals surface area contributed by atoms with Gasteiger partial charge < -0.3 is 0 Å². The lowest BCUT2D eigenvalue weighted by atomic mass is 10.1. The van der Waals surface area contributed by atoms with Gasteiger partial charge in [-0.3, -0.25) is 9.78 Å². The van der Waals surface area contributed by atoms with E-state index in [-0.39, 0.29) is 0 Å². The number of hydrogen-bond acceptors (Lipinski definition) is 2. The van der Waals surface area contributed by atoms with E-state index in [1.54, 1.807) is 4.68 Å². The van der Waals surface area contributed by atoms with Gasteiger partial charge in [-0.05, 0) is 40.3 Å². The van der Waals surface area contributed by atoms with Crippen molar-refractivity contribution in [2.24, 2.45) is 7.05 Å². The van der Waals surface area contributed by atoms with Gasteiger partial charge in [0, 0.05) is 24.2 Å². The van der Waals surface area contributed by atoms with Crippen LogP contribution in [0.3, 0.4) is 0 Å². The molecule has 1 N–H and O–H groups in total. The minimum atomic E-state index is 0.997. The number of nitrogens with one attached hydrogen (secondary N) is 1. The zero-order valence-electron chi connectivity index (χ0n) is 8.61. The van der Waals surface area contributed by atoms with Gasteiger partial charge in [0.25, 0.3) is 0 Å². The van der Waals surface area contributed by atoms with Crippen molar-refractivity contribution in [1.29, 1.82) is 0 Å². The van der Waals surface area contributed by atoms with Gasteiger partial charge in [0.1, 0.15) is 3.70 Å². The molecule has 2 heterocycles. The van der Waals surface area contributed by atoms with Crippen molar-refractivity contribution in [2.75, 3.05) is 0 Å². The van der Waals surface area contributed by atoms with Crippen LogP contribution in [0.25, 0.3) is 22.0 Å². The first-order chi connectivity index (χ1) is 7.74. The SMILES string of the molecule is Cn1cc(-c2ccc3n[nH]c(I)c3c2)cn1. The van der Waals surface area contributed by atoms with E-state index in [4.69, 9.17) is 0 Å². The second-order valence-corrected chi connectivity index (χ2v) is 4.75. The highest BCUT2D eigenvalue weighted by Gasteiger charge is 2.05. The summed E-state index contributed by atoms with van der Waals surface area (Å²) in [5, 5.41) is 12.5. The number of halogens is 1. The molecular weight excluding hydrogens is 315 g/mol. The Morgan fingerprint density at radius 1 is 1.31 bits per heavy atom. The normalized spacial score (nSPS) is 11.1. The smallest absolute Gasteiger partial charge is 0.104 e. The van der Waals surface area contributed by atoms with Crippen LogP contribution in [0.15, 0.2) is 30.6 Å². The van der Waals surface area contributed by atoms with Gasteiger partial charge >= 0.3 is 0 Å². The van der Waals surface area contributed by atoms with Gasteiger partial charge in [-0.15, -0.1) is 0 Å². The molecule has 0 saturated heterocycles. The molecule has 4 nitrogen and oxygen atoms in total. The number of aryl methyl sites for hydroxylation is 1. The highest BCUT2D eigenvalue weighted by atomic mass is 127. The summed E-state index contributed by atoms with van der Waals surface area (Å²) in [6.45, 7) is 0. The molecule has 0 aliphatic rings. The van der Waals surface area contributed by atoms with E-state index in [1.165, 1.54) is 5.56 Å². The number of aromatic amines is 1. The fourth-order valence-electron chi connectivity index (χ4n) is 1.73. The maximum absolute atomic E-state index is 4.20. The highest BCUT2D eigenvalue weighted by Crippen LogP contribution is 2.25. The number of fused-ring (bicyclic) bond motifs is 1. The van der Waals surface area contributed by atoms with Gasteiger partial charge in [0.05, 0.1) is 11.7 Å². The Bertz CT molecular complexity index is 653. The zero-order valence-corrected chi connectivity index (χ0v) is 10.8. The Labute approximate surface area is 106 Å². The quantitative estimate of drug-likeness (QED) is 0.700. The summed E-state index contributed by atoms with van der Waals surface area (Å²) < 4.78 is 2.87. The minimum absolute atomic E-state index is 0.997. The molecule has 0 spiro atoms. The van der Waals surface area contributed by atoms with Crippen LogP contribution in [0.1, 0.15) is 0 Å². The Balaban J connectivity index is 2.21. The van der Waals surface area contributed by atoms with E-state index in [9.17, 15) is 0 Å². The number of benzene rings is 1. The number of hydrogen-bond donors (Lipinski definition) is 1. The van der Waals surface area contributed by atoms with E-state index < -0.39 is 0 Å². The Hall–Kier alpha value is -1.37. The molecule has 80 valence electrons. The van der Waals surface area contributed by atoms with Crippen LogP contribution in [-0.2, 0) is 7.05 Å². The fraction of sp³-hybridized carbons (Fsp3) is 0.0909. The zero-order chi connectivity index (χ0) is 11.1. The molecule has 0 fully saturated rings. The first-order valence-electron chi connectivity index (χ1n) is 4.87. The summed E-state index contributed by atoms with van der Waals surface area (Å²) in [7, 11) is 1.92. The number of aromatic nitrogens is 4. The summed E-state index contributed by atoms with van der Waals surface area (Å²) in [5.41, 5.74) is 3.29. The van der Waals surface area contributed by atoms with Crippen molar-refractivity contribution in [3.63, 3.8) is 0 Å². The number of nitrogens with zero attached hydrogens (tertiary/aromatic N) is 3. The number of rotatable bonds is 1. The molecule has 16 heavy (non-hydrogen) atoms. The van der Waals surface area contributed by atoms with Gasteiger partial charge in [-0.25, -0.2) is 0 Å². The summed E-state index contributed by atoms with van der Waals surface area (Å²) in [4.78, 5) is 0. The molecule has 0 aliphatic heterocycles.